The molecule has 0 aromatic heterocycles. The van der Waals surface area contributed by atoms with Gasteiger partial charge in [0.25, 0.3) is 0 Å². The molecular formula is C11H14OS. The zero-order valence-corrected chi connectivity index (χ0v) is 8.66. The smallest absolute Gasteiger partial charge is 0.119 e. The van der Waals surface area contributed by atoms with Gasteiger partial charge in [-0.05, 0) is 36.1 Å². The summed E-state index contributed by atoms with van der Waals surface area (Å²) in [7, 11) is 0. The summed E-state index contributed by atoms with van der Waals surface area (Å²) in [5.74, 6) is 1.66. The molecule has 0 bridgehead atoms. The van der Waals surface area contributed by atoms with Crippen LogP contribution in [0.5, 0.6) is 5.75 Å². The molecule has 1 aromatic rings. The van der Waals surface area contributed by atoms with Gasteiger partial charge in [-0.2, -0.15) is 0 Å². The Kier molecular flexibility index (Phi) is 2.49. The van der Waals surface area contributed by atoms with Crippen LogP contribution in [0.25, 0.3) is 0 Å². The third-order valence-corrected chi connectivity index (χ3v) is 3.51. The highest BCUT2D eigenvalue weighted by molar-refractivity contribution is 7.99. The molecule has 1 N–H and O–H groups in total. The van der Waals surface area contributed by atoms with Crippen LogP contribution in [0.3, 0.4) is 0 Å². The molecule has 2 rings (SSSR count). The van der Waals surface area contributed by atoms with Crippen molar-refractivity contribution < 1.29 is 5.11 Å². The minimum absolute atomic E-state index is 0.489. The number of thioether (sulfide) groups is 1. The second-order valence-electron chi connectivity index (χ2n) is 3.44. The second kappa shape index (κ2) is 3.62. The average molecular weight is 194 g/mol. The van der Waals surface area contributed by atoms with Crippen molar-refractivity contribution in [1.29, 1.82) is 0 Å². The molecule has 0 amide bonds. The van der Waals surface area contributed by atoms with E-state index in [1.54, 1.807) is 0 Å². The molecule has 0 spiro atoms. The van der Waals surface area contributed by atoms with E-state index in [4.69, 9.17) is 0 Å². The van der Waals surface area contributed by atoms with E-state index < -0.39 is 0 Å². The van der Waals surface area contributed by atoms with Crippen LogP contribution < -0.4 is 0 Å². The summed E-state index contributed by atoms with van der Waals surface area (Å²) in [6.07, 6.45) is 3.19. The monoisotopic (exact) mass is 194 g/mol. The largest absolute Gasteiger partial charge is 0.508 e. The van der Waals surface area contributed by atoms with Crippen molar-refractivity contribution in [3.8, 4) is 5.75 Å². The lowest BCUT2D eigenvalue weighted by molar-refractivity contribution is 0.466. The van der Waals surface area contributed by atoms with Crippen LogP contribution in [0.2, 0.25) is 0 Å². The molecule has 1 heterocycles. The van der Waals surface area contributed by atoms with E-state index in [1.807, 2.05) is 17.8 Å². The fourth-order valence-corrected chi connectivity index (χ4v) is 2.84. The van der Waals surface area contributed by atoms with Crippen molar-refractivity contribution in [2.45, 2.75) is 31.1 Å². The topological polar surface area (TPSA) is 20.2 Å². The Morgan fingerprint density at radius 1 is 1.46 bits per heavy atom. The molecule has 0 fully saturated rings. The number of phenolic OH excluding ortho intramolecular Hbond substituents is 1. The molecule has 1 aliphatic heterocycles. The van der Waals surface area contributed by atoms with Crippen LogP contribution in [0.1, 0.15) is 24.5 Å². The van der Waals surface area contributed by atoms with E-state index in [-0.39, 0.29) is 0 Å². The van der Waals surface area contributed by atoms with Gasteiger partial charge in [-0.25, -0.2) is 0 Å². The molecule has 1 aliphatic rings. The van der Waals surface area contributed by atoms with Gasteiger partial charge < -0.3 is 5.11 Å². The minimum Gasteiger partial charge on any atom is -0.508 e. The maximum absolute atomic E-state index is 9.70. The third-order valence-electron chi connectivity index (χ3n) is 2.41. The zero-order chi connectivity index (χ0) is 9.26. The number of fused-ring (bicyclic) bond motifs is 1. The molecule has 1 aromatic carbocycles. The van der Waals surface area contributed by atoms with Gasteiger partial charge in [0, 0.05) is 10.6 Å². The molecule has 0 saturated carbocycles. The van der Waals surface area contributed by atoms with Gasteiger partial charge in [0.05, 0.1) is 0 Å². The molecule has 13 heavy (non-hydrogen) atoms. The fourth-order valence-electron chi connectivity index (χ4n) is 1.72. The number of aryl methyl sites for hydroxylation is 2. The van der Waals surface area contributed by atoms with E-state index in [2.05, 4.69) is 13.0 Å². The highest BCUT2D eigenvalue weighted by atomic mass is 32.2. The van der Waals surface area contributed by atoms with Crippen molar-refractivity contribution in [3.63, 3.8) is 0 Å². The standard InChI is InChI=1S/C11H14OS/c1-2-3-8-7-11-9(4-5-13-11)6-10(8)12/h6-7,12H,2-5H2,1H3. The lowest BCUT2D eigenvalue weighted by Crippen LogP contribution is -1.87. The van der Waals surface area contributed by atoms with Crippen LogP contribution in [-0.4, -0.2) is 10.9 Å². The Balaban J connectivity index is 2.37. The van der Waals surface area contributed by atoms with Crippen molar-refractivity contribution in [2.75, 3.05) is 5.75 Å². The molecule has 0 aliphatic carbocycles. The summed E-state index contributed by atoms with van der Waals surface area (Å²) in [6, 6.07) is 4.10. The second-order valence-corrected chi connectivity index (χ2v) is 4.57. The molecular weight excluding hydrogens is 180 g/mol. The average Bonchev–Trinajstić information content (AvgIpc) is 2.52. The Hall–Kier alpha value is -0.630. The molecule has 0 radical (unpaired) electrons. The van der Waals surface area contributed by atoms with Gasteiger partial charge in [0.2, 0.25) is 0 Å². The number of benzene rings is 1. The van der Waals surface area contributed by atoms with Crippen LogP contribution in [-0.2, 0) is 12.8 Å². The van der Waals surface area contributed by atoms with E-state index in [1.165, 1.54) is 16.2 Å². The Bertz CT molecular complexity index is 320. The highest BCUT2D eigenvalue weighted by Gasteiger charge is 2.14. The van der Waals surface area contributed by atoms with Crippen molar-refractivity contribution >= 4 is 11.8 Å². The van der Waals surface area contributed by atoms with Crippen LogP contribution in [0.15, 0.2) is 17.0 Å². The highest BCUT2D eigenvalue weighted by Crippen LogP contribution is 2.35. The van der Waals surface area contributed by atoms with Gasteiger partial charge in [-0.3, -0.25) is 0 Å². The van der Waals surface area contributed by atoms with Crippen LogP contribution >= 0.6 is 11.8 Å². The first-order chi connectivity index (χ1) is 6.31. The van der Waals surface area contributed by atoms with E-state index >= 15 is 0 Å². The third kappa shape index (κ3) is 1.68. The number of hydrogen-bond donors (Lipinski definition) is 1. The van der Waals surface area contributed by atoms with E-state index in [9.17, 15) is 5.11 Å². The summed E-state index contributed by atoms with van der Waals surface area (Å²) in [5.41, 5.74) is 2.43. The molecule has 0 saturated heterocycles. The van der Waals surface area contributed by atoms with Gasteiger partial charge in [-0.15, -0.1) is 11.8 Å². The maximum atomic E-state index is 9.70. The summed E-state index contributed by atoms with van der Waals surface area (Å²) in [4.78, 5) is 1.38. The quantitative estimate of drug-likeness (QED) is 0.781. The van der Waals surface area contributed by atoms with Crippen molar-refractivity contribution in [1.82, 2.24) is 0 Å². The fraction of sp³-hybridized carbons (Fsp3) is 0.455. The predicted octanol–water partition coefficient (Wildman–Crippen LogP) is 2.99. The first-order valence-corrected chi connectivity index (χ1v) is 5.77. The molecule has 70 valence electrons. The maximum Gasteiger partial charge on any atom is 0.119 e. The molecule has 1 nitrogen and oxygen atoms in total. The number of rotatable bonds is 2. The molecule has 2 heteroatoms. The number of aromatic hydroxyl groups is 1. The first-order valence-electron chi connectivity index (χ1n) is 4.79. The summed E-state index contributed by atoms with van der Waals surface area (Å²) >= 11 is 1.91. The minimum atomic E-state index is 0.489. The normalized spacial score (nSPS) is 14.5. The number of hydrogen-bond acceptors (Lipinski definition) is 2. The van der Waals surface area contributed by atoms with Crippen LogP contribution in [0.4, 0.5) is 0 Å². The summed E-state index contributed by atoms with van der Waals surface area (Å²) in [5, 5.41) is 9.70. The number of phenols is 1. The van der Waals surface area contributed by atoms with Gasteiger partial charge >= 0.3 is 0 Å². The summed E-state index contributed by atoms with van der Waals surface area (Å²) < 4.78 is 0. The Morgan fingerprint density at radius 2 is 2.31 bits per heavy atom. The summed E-state index contributed by atoms with van der Waals surface area (Å²) in [6.45, 7) is 2.14. The van der Waals surface area contributed by atoms with Gasteiger partial charge in [0.15, 0.2) is 0 Å². The van der Waals surface area contributed by atoms with Crippen LogP contribution in [0, 0.1) is 0 Å². The molecule has 0 unspecified atom stereocenters. The molecule has 0 atom stereocenters. The lowest BCUT2D eigenvalue weighted by Gasteiger charge is -2.06. The van der Waals surface area contributed by atoms with Gasteiger partial charge in [0.1, 0.15) is 5.75 Å². The SMILES string of the molecule is CCCc1cc2c(cc1O)CCS2. The van der Waals surface area contributed by atoms with Gasteiger partial charge in [-0.1, -0.05) is 13.3 Å². The van der Waals surface area contributed by atoms with Crippen molar-refractivity contribution in [3.05, 3.63) is 23.3 Å². The lowest BCUT2D eigenvalue weighted by atomic mass is 10.1. The Morgan fingerprint density at radius 3 is 3.08 bits per heavy atom. The Labute approximate surface area is 83.2 Å². The first kappa shape index (κ1) is 8.95. The zero-order valence-electron chi connectivity index (χ0n) is 7.84. The van der Waals surface area contributed by atoms with E-state index in [0.29, 0.717) is 5.75 Å². The van der Waals surface area contributed by atoms with E-state index in [0.717, 1.165) is 24.8 Å². The predicted molar refractivity (Wildman–Crippen MR) is 56.5 cm³/mol. The van der Waals surface area contributed by atoms with Crippen molar-refractivity contribution in [2.24, 2.45) is 0 Å².